The van der Waals surface area contributed by atoms with Crippen LogP contribution in [0, 0.1) is 5.82 Å². The van der Waals surface area contributed by atoms with Crippen molar-refractivity contribution in [2.75, 3.05) is 20.3 Å². The van der Waals surface area contributed by atoms with Crippen LogP contribution in [0.1, 0.15) is 25.3 Å². The smallest absolute Gasteiger partial charge is 0.123 e. The Hall–Kier alpha value is -1.13. The molecule has 2 rings (SSSR count). The maximum absolute atomic E-state index is 13.1. The molecule has 1 heterocycles. The predicted octanol–water partition coefficient (Wildman–Crippen LogP) is 2.53. The van der Waals surface area contributed by atoms with Gasteiger partial charge in [0.1, 0.15) is 17.7 Å². The van der Waals surface area contributed by atoms with Gasteiger partial charge >= 0.3 is 0 Å². The Bertz CT molecular complexity index is 405. The minimum absolute atomic E-state index is 0.0908. The zero-order valence-electron chi connectivity index (χ0n) is 11.6. The van der Waals surface area contributed by atoms with Gasteiger partial charge in [0, 0.05) is 31.7 Å². The van der Waals surface area contributed by atoms with E-state index in [4.69, 9.17) is 9.47 Å². The topological polar surface area (TPSA) is 30.5 Å². The molecule has 1 aliphatic heterocycles. The van der Waals surface area contributed by atoms with Crippen LogP contribution in [-0.4, -0.2) is 32.4 Å². The zero-order valence-corrected chi connectivity index (χ0v) is 11.6. The van der Waals surface area contributed by atoms with Gasteiger partial charge in [-0.2, -0.15) is 0 Å². The molecule has 0 bridgehead atoms. The molecule has 3 nitrogen and oxygen atoms in total. The van der Waals surface area contributed by atoms with Crippen LogP contribution < -0.4 is 10.1 Å². The maximum atomic E-state index is 13.1. The number of hydrogen-bond donors (Lipinski definition) is 1. The van der Waals surface area contributed by atoms with Crippen molar-refractivity contribution >= 4 is 0 Å². The Morgan fingerprint density at radius 2 is 2.37 bits per heavy atom. The summed E-state index contributed by atoms with van der Waals surface area (Å²) in [5.74, 6) is 0.617. The number of benzene rings is 1. The monoisotopic (exact) mass is 267 g/mol. The second-order valence-corrected chi connectivity index (χ2v) is 5.05. The molecule has 1 aromatic rings. The van der Waals surface area contributed by atoms with Crippen molar-refractivity contribution in [3.8, 4) is 5.75 Å². The summed E-state index contributed by atoms with van der Waals surface area (Å²) in [5.41, 5.74) is 0.964. The van der Waals surface area contributed by atoms with Gasteiger partial charge in [0.25, 0.3) is 0 Å². The highest BCUT2D eigenvalue weighted by Gasteiger charge is 2.23. The molecular weight excluding hydrogens is 245 g/mol. The molecule has 0 aromatic heterocycles. The lowest BCUT2D eigenvalue weighted by Gasteiger charge is -2.19. The van der Waals surface area contributed by atoms with Crippen molar-refractivity contribution < 1.29 is 13.9 Å². The standard InChI is InChI=1S/C15H22FNO2/c1-3-4-13(10-18-2)17-9-14-8-11-7-12(16)5-6-15(11)19-14/h5-7,13-14,17H,3-4,8-10H2,1-2H3. The van der Waals surface area contributed by atoms with Crippen LogP contribution in [0.25, 0.3) is 0 Å². The fourth-order valence-corrected chi connectivity index (χ4v) is 2.49. The first kappa shape index (κ1) is 14.3. The molecule has 106 valence electrons. The lowest BCUT2D eigenvalue weighted by atomic mass is 10.1. The second kappa shape index (κ2) is 6.87. The third-order valence-electron chi connectivity index (χ3n) is 3.40. The van der Waals surface area contributed by atoms with Gasteiger partial charge in [0.2, 0.25) is 0 Å². The van der Waals surface area contributed by atoms with E-state index in [0.29, 0.717) is 12.6 Å². The Balaban J connectivity index is 1.82. The van der Waals surface area contributed by atoms with Crippen LogP contribution >= 0.6 is 0 Å². The molecule has 0 radical (unpaired) electrons. The van der Waals surface area contributed by atoms with Crippen molar-refractivity contribution in [2.45, 2.75) is 38.3 Å². The third-order valence-corrected chi connectivity index (χ3v) is 3.40. The molecule has 0 saturated heterocycles. The minimum Gasteiger partial charge on any atom is -0.488 e. The van der Waals surface area contributed by atoms with Gasteiger partial charge in [-0.25, -0.2) is 4.39 Å². The number of rotatable bonds is 7. The summed E-state index contributed by atoms with van der Waals surface area (Å²) in [6.45, 7) is 3.64. The maximum Gasteiger partial charge on any atom is 0.123 e. The average Bonchev–Trinajstić information content (AvgIpc) is 2.78. The molecule has 0 amide bonds. The highest BCUT2D eigenvalue weighted by atomic mass is 19.1. The molecule has 0 saturated carbocycles. The number of fused-ring (bicyclic) bond motifs is 1. The molecule has 1 aromatic carbocycles. The Morgan fingerprint density at radius 3 is 3.11 bits per heavy atom. The Labute approximate surface area is 114 Å². The van der Waals surface area contributed by atoms with E-state index in [0.717, 1.165) is 37.1 Å². The predicted molar refractivity (Wildman–Crippen MR) is 73.1 cm³/mol. The van der Waals surface area contributed by atoms with E-state index in [2.05, 4.69) is 12.2 Å². The lowest BCUT2D eigenvalue weighted by Crippen LogP contribution is -2.39. The number of nitrogens with one attached hydrogen (secondary N) is 1. The molecular formula is C15H22FNO2. The van der Waals surface area contributed by atoms with Crippen molar-refractivity contribution in [1.82, 2.24) is 5.32 Å². The van der Waals surface area contributed by atoms with Crippen molar-refractivity contribution in [3.63, 3.8) is 0 Å². The van der Waals surface area contributed by atoms with Crippen molar-refractivity contribution in [3.05, 3.63) is 29.6 Å². The van der Waals surface area contributed by atoms with Gasteiger partial charge in [-0.1, -0.05) is 13.3 Å². The summed E-state index contributed by atoms with van der Waals surface area (Å²) in [6.07, 6.45) is 3.07. The highest BCUT2D eigenvalue weighted by molar-refractivity contribution is 5.37. The molecule has 2 unspecified atom stereocenters. The van der Waals surface area contributed by atoms with Gasteiger partial charge in [-0.3, -0.25) is 0 Å². The van der Waals surface area contributed by atoms with Gasteiger partial charge in [-0.05, 0) is 24.6 Å². The first-order valence-corrected chi connectivity index (χ1v) is 6.90. The largest absolute Gasteiger partial charge is 0.488 e. The SMILES string of the molecule is CCCC(COC)NCC1Cc2cc(F)ccc2O1. The average molecular weight is 267 g/mol. The number of ether oxygens (including phenoxy) is 2. The lowest BCUT2D eigenvalue weighted by molar-refractivity contribution is 0.150. The quantitative estimate of drug-likeness (QED) is 0.823. The van der Waals surface area contributed by atoms with Crippen molar-refractivity contribution in [1.29, 1.82) is 0 Å². The summed E-state index contributed by atoms with van der Waals surface area (Å²) in [6, 6.07) is 5.08. The van der Waals surface area contributed by atoms with E-state index in [1.807, 2.05) is 0 Å². The van der Waals surface area contributed by atoms with E-state index in [1.54, 1.807) is 19.2 Å². The third kappa shape index (κ3) is 3.91. The number of halogens is 1. The van der Waals surface area contributed by atoms with E-state index >= 15 is 0 Å². The minimum atomic E-state index is -0.195. The molecule has 1 N–H and O–H groups in total. The van der Waals surface area contributed by atoms with E-state index in [9.17, 15) is 4.39 Å². The molecule has 0 aliphatic carbocycles. The van der Waals surface area contributed by atoms with Crippen LogP contribution in [0.15, 0.2) is 18.2 Å². The summed E-state index contributed by atoms with van der Waals surface area (Å²) >= 11 is 0. The normalized spacial score (nSPS) is 19.0. The van der Waals surface area contributed by atoms with Crippen LogP contribution in [0.3, 0.4) is 0 Å². The van der Waals surface area contributed by atoms with E-state index < -0.39 is 0 Å². The first-order valence-electron chi connectivity index (χ1n) is 6.90. The van der Waals surface area contributed by atoms with Crippen LogP contribution in [-0.2, 0) is 11.2 Å². The number of methoxy groups -OCH3 is 1. The van der Waals surface area contributed by atoms with E-state index in [1.165, 1.54) is 6.07 Å². The molecule has 2 atom stereocenters. The Kier molecular flexibility index (Phi) is 5.16. The highest BCUT2D eigenvalue weighted by Crippen LogP contribution is 2.28. The Morgan fingerprint density at radius 1 is 1.53 bits per heavy atom. The fourth-order valence-electron chi connectivity index (χ4n) is 2.49. The zero-order chi connectivity index (χ0) is 13.7. The summed E-state index contributed by atoms with van der Waals surface area (Å²) in [4.78, 5) is 0. The molecule has 0 spiro atoms. The molecule has 1 aliphatic rings. The van der Waals surface area contributed by atoms with E-state index in [-0.39, 0.29) is 11.9 Å². The second-order valence-electron chi connectivity index (χ2n) is 5.05. The molecule has 4 heteroatoms. The van der Waals surface area contributed by atoms with Crippen LogP contribution in [0.5, 0.6) is 5.75 Å². The molecule has 19 heavy (non-hydrogen) atoms. The van der Waals surface area contributed by atoms with Gasteiger partial charge in [-0.15, -0.1) is 0 Å². The number of hydrogen-bond acceptors (Lipinski definition) is 3. The summed E-state index contributed by atoms with van der Waals surface area (Å²) in [7, 11) is 1.72. The van der Waals surface area contributed by atoms with Crippen LogP contribution in [0.2, 0.25) is 0 Å². The summed E-state index contributed by atoms with van der Waals surface area (Å²) < 4.78 is 24.1. The van der Waals surface area contributed by atoms with Gasteiger partial charge < -0.3 is 14.8 Å². The van der Waals surface area contributed by atoms with Gasteiger partial charge in [0.15, 0.2) is 0 Å². The van der Waals surface area contributed by atoms with Crippen molar-refractivity contribution in [2.24, 2.45) is 0 Å². The molecule has 0 fully saturated rings. The first-order chi connectivity index (χ1) is 9.22. The van der Waals surface area contributed by atoms with Gasteiger partial charge in [0.05, 0.1) is 6.61 Å². The fraction of sp³-hybridized carbons (Fsp3) is 0.600. The summed E-state index contributed by atoms with van der Waals surface area (Å²) in [5, 5.41) is 3.47. The van der Waals surface area contributed by atoms with Crippen LogP contribution in [0.4, 0.5) is 4.39 Å².